The number of aromatic nitrogens is 1. The normalized spacial score (nSPS) is 10.8. The van der Waals surface area contributed by atoms with Crippen LogP contribution in [0.3, 0.4) is 0 Å². The van der Waals surface area contributed by atoms with E-state index in [1.807, 2.05) is 84.9 Å². The molecule has 1 heterocycles. The van der Waals surface area contributed by atoms with Gasteiger partial charge in [-0.25, -0.2) is 4.98 Å². The first-order valence-electron chi connectivity index (χ1n) is 9.19. The highest BCUT2D eigenvalue weighted by Crippen LogP contribution is 2.24. The lowest BCUT2D eigenvalue weighted by Gasteiger charge is -2.11. The SMILES string of the molecule is O=C(NCCc1ccccc1Cl)c1cc(-c2ccccc2)nc2ccccc12. The van der Waals surface area contributed by atoms with E-state index in [2.05, 4.69) is 5.32 Å². The van der Waals surface area contributed by atoms with Gasteiger partial charge in [0, 0.05) is 22.5 Å². The van der Waals surface area contributed by atoms with Gasteiger partial charge < -0.3 is 5.32 Å². The van der Waals surface area contributed by atoms with Crippen molar-refractivity contribution in [2.45, 2.75) is 6.42 Å². The Morgan fingerprint density at radius 1 is 0.893 bits per heavy atom. The maximum atomic E-state index is 12.9. The van der Waals surface area contributed by atoms with Gasteiger partial charge in [0.2, 0.25) is 0 Å². The predicted molar refractivity (Wildman–Crippen MR) is 115 cm³/mol. The summed E-state index contributed by atoms with van der Waals surface area (Å²) in [6.45, 7) is 0.514. The average molecular weight is 387 g/mol. The van der Waals surface area contributed by atoms with Crippen LogP contribution in [0.15, 0.2) is 84.9 Å². The van der Waals surface area contributed by atoms with Gasteiger partial charge in [-0.3, -0.25) is 4.79 Å². The molecule has 1 N–H and O–H groups in total. The van der Waals surface area contributed by atoms with Crippen molar-refractivity contribution in [2.24, 2.45) is 0 Å². The number of nitrogens with zero attached hydrogens (tertiary/aromatic N) is 1. The molecule has 1 aromatic heterocycles. The quantitative estimate of drug-likeness (QED) is 0.490. The molecule has 0 saturated carbocycles. The first-order valence-corrected chi connectivity index (χ1v) is 9.57. The smallest absolute Gasteiger partial charge is 0.252 e. The lowest BCUT2D eigenvalue weighted by Crippen LogP contribution is -2.26. The van der Waals surface area contributed by atoms with Crippen LogP contribution in [0.5, 0.6) is 0 Å². The summed E-state index contributed by atoms with van der Waals surface area (Å²) in [6, 6.07) is 27.2. The summed E-state index contributed by atoms with van der Waals surface area (Å²) >= 11 is 6.20. The Kier molecular flexibility index (Phi) is 5.36. The van der Waals surface area contributed by atoms with E-state index < -0.39 is 0 Å². The molecule has 4 aromatic rings. The molecule has 0 atom stereocenters. The second-order valence-electron chi connectivity index (χ2n) is 6.54. The molecule has 0 aliphatic carbocycles. The van der Waals surface area contributed by atoms with Crippen molar-refractivity contribution in [3.63, 3.8) is 0 Å². The molecule has 4 rings (SSSR count). The summed E-state index contributed by atoms with van der Waals surface area (Å²) in [5.41, 5.74) is 4.23. The highest BCUT2D eigenvalue weighted by molar-refractivity contribution is 6.31. The summed E-state index contributed by atoms with van der Waals surface area (Å²) in [6.07, 6.45) is 0.681. The lowest BCUT2D eigenvalue weighted by molar-refractivity contribution is 0.0956. The van der Waals surface area contributed by atoms with E-state index in [1.54, 1.807) is 0 Å². The number of carbonyl (C=O) groups excluding carboxylic acids is 1. The Balaban J connectivity index is 1.61. The molecule has 28 heavy (non-hydrogen) atoms. The second-order valence-corrected chi connectivity index (χ2v) is 6.94. The van der Waals surface area contributed by atoms with Crippen molar-refractivity contribution in [2.75, 3.05) is 6.54 Å². The summed E-state index contributed by atoms with van der Waals surface area (Å²) in [7, 11) is 0. The second kappa shape index (κ2) is 8.24. The number of hydrogen-bond acceptors (Lipinski definition) is 2. The molecule has 3 aromatic carbocycles. The molecule has 0 aliphatic heterocycles. The molecule has 0 unspecified atom stereocenters. The van der Waals surface area contributed by atoms with Crippen molar-refractivity contribution in [1.29, 1.82) is 0 Å². The summed E-state index contributed by atoms with van der Waals surface area (Å²) in [5, 5.41) is 4.58. The number of fused-ring (bicyclic) bond motifs is 1. The Hall–Kier alpha value is -3.17. The molecule has 0 bridgehead atoms. The van der Waals surface area contributed by atoms with E-state index in [1.165, 1.54) is 0 Å². The van der Waals surface area contributed by atoms with Crippen molar-refractivity contribution >= 4 is 28.4 Å². The highest BCUT2D eigenvalue weighted by atomic mass is 35.5. The van der Waals surface area contributed by atoms with Crippen molar-refractivity contribution in [1.82, 2.24) is 10.3 Å². The van der Waals surface area contributed by atoms with Gasteiger partial charge in [0.1, 0.15) is 0 Å². The van der Waals surface area contributed by atoms with Gasteiger partial charge in [-0.2, -0.15) is 0 Å². The minimum atomic E-state index is -0.108. The number of amides is 1. The van der Waals surface area contributed by atoms with Crippen LogP contribution in [-0.2, 0) is 6.42 Å². The largest absolute Gasteiger partial charge is 0.352 e. The standard InChI is InChI=1S/C24H19ClN2O/c25-21-12-6-4-8-17(21)14-15-26-24(28)20-16-23(18-9-2-1-3-10-18)27-22-13-7-5-11-19(20)22/h1-13,16H,14-15H2,(H,26,28). The van der Waals surface area contributed by atoms with Gasteiger partial charge in [0.05, 0.1) is 16.8 Å². The zero-order chi connectivity index (χ0) is 19.3. The third-order valence-corrected chi connectivity index (χ3v) is 5.04. The summed E-state index contributed by atoms with van der Waals surface area (Å²) < 4.78 is 0. The minimum Gasteiger partial charge on any atom is -0.352 e. The topological polar surface area (TPSA) is 42.0 Å². The van der Waals surface area contributed by atoms with Gasteiger partial charge in [-0.15, -0.1) is 0 Å². The fraction of sp³-hybridized carbons (Fsp3) is 0.0833. The fourth-order valence-corrected chi connectivity index (χ4v) is 3.46. The Morgan fingerprint density at radius 3 is 2.43 bits per heavy atom. The van der Waals surface area contributed by atoms with E-state index in [0.29, 0.717) is 18.5 Å². The van der Waals surface area contributed by atoms with E-state index in [4.69, 9.17) is 16.6 Å². The summed E-state index contributed by atoms with van der Waals surface area (Å²) in [5.74, 6) is -0.108. The lowest BCUT2D eigenvalue weighted by atomic mass is 10.0. The van der Waals surface area contributed by atoms with Gasteiger partial charge in [-0.1, -0.05) is 78.3 Å². The number of para-hydroxylation sites is 1. The maximum Gasteiger partial charge on any atom is 0.252 e. The molecule has 4 heteroatoms. The van der Waals surface area contributed by atoms with Gasteiger partial charge in [0.15, 0.2) is 0 Å². The van der Waals surface area contributed by atoms with Crippen molar-refractivity contribution in [3.05, 3.63) is 101 Å². The zero-order valence-electron chi connectivity index (χ0n) is 15.2. The van der Waals surface area contributed by atoms with Gasteiger partial charge in [-0.05, 0) is 30.2 Å². The fourth-order valence-electron chi connectivity index (χ4n) is 3.23. The number of hydrogen-bond donors (Lipinski definition) is 1. The summed E-state index contributed by atoms with van der Waals surface area (Å²) in [4.78, 5) is 17.7. The number of benzene rings is 3. The number of carbonyl (C=O) groups is 1. The molecule has 0 radical (unpaired) electrons. The van der Waals surface area contributed by atoms with Crippen LogP contribution >= 0.6 is 11.6 Å². The van der Waals surface area contributed by atoms with E-state index in [0.717, 1.165) is 32.7 Å². The van der Waals surface area contributed by atoms with E-state index in [-0.39, 0.29) is 5.91 Å². The monoisotopic (exact) mass is 386 g/mol. The molecular weight excluding hydrogens is 368 g/mol. The third kappa shape index (κ3) is 3.90. The van der Waals surface area contributed by atoms with Gasteiger partial charge in [0.25, 0.3) is 5.91 Å². The first-order chi connectivity index (χ1) is 13.7. The molecule has 0 saturated heterocycles. The number of rotatable bonds is 5. The maximum absolute atomic E-state index is 12.9. The van der Waals surface area contributed by atoms with Crippen LogP contribution in [0.25, 0.3) is 22.2 Å². The predicted octanol–water partition coefficient (Wildman–Crippen LogP) is 5.53. The Labute approximate surface area is 169 Å². The number of nitrogens with one attached hydrogen (secondary N) is 1. The first kappa shape index (κ1) is 18.2. The molecular formula is C24H19ClN2O. The van der Waals surface area contributed by atoms with Crippen molar-refractivity contribution < 1.29 is 4.79 Å². The number of halogens is 1. The minimum absolute atomic E-state index is 0.108. The van der Waals surface area contributed by atoms with E-state index in [9.17, 15) is 4.79 Å². The Morgan fingerprint density at radius 2 is 1.61 bits per heavy atom. The van der Waals surface area contributed by atoms with Crippen LogP contribution in [0.4, 0.5) is 0 Å². The molecule has 0 aliphatic rings. The molecule has 0 fully saturated rings. The highest BCUT2D eigenvalue weighted by Gasteiger charge is 2.13. The Bertz CT molecular complexity index is 1130. The van der Waals surface area contributed by atoms with Gasteiger partial charge >= 0.3 is 0 Å². The molecule has 0 spiro atoms. The van der Waals surface area contributed by atoms with Crippen LogP contribution < -0.4 is 5.32 Å². The molecule has 3 nitrogen and oxygen atoms in total. The molecule has 1 amide bonds. The average Bonchev–Trinajstić information content (AvgIpc) is 2.75. The van der Waals surface area contributed by atoms with Crippen LogP contribution in [0, 0.1) is 0 Å². The van der Waals surface area contributed by atoms with Crippen LogP contribution in [0.2, 0.25) is 5.02 Å². The van der Waals surface area contributed by atoms with Crippen LogP contribution in [0.1, 0.15) is 15.9 Å². The molecule has 138 valence electrons. The zero-order valence-corrected chi connectivity index (χ0v) is 16.0. The van der Waals surface area contributed by atoms with Crippen molar-refractivity contribution in [3.8, 4) is 11.3 Å². The third-order valence-electron chi connectivity index (χ3n) is 4.67. The number of pyridine rings is 1. The van der Waals surface area contributed by atoms with Crippen LogP contribution in [-0.4, -0.2) is 17.4 Å². The van der Waals surface area contributed by atoms with E-state index >= 15 is 0 Å².